The van der Waals surface area contributed by atoms with Crippen LogP contribution in [0, 0.1) is 5.92 Å². The van der Waals surface area contributed by atoms with Gasteiger partial charge in [0.1, 0.15) is 0 Å². The van der Waals surface area contributed by atoms with Crippen LogP contribution in [0.3, 0.4) is 0 Å². The average molecular weight is 424 g/mol. The Hall–Kier alpha value is -1.90. The Labute approximate surface area is 166 Å². The van der Waals surface area contributed by atoms with Crippen molar-refractivity contribution in [2.75, 3.05) is 31.0 Å². The molecule has 0 radical (unpaired) electrons. The SMILES string of the molecule is CS(=O)(=O)c1ccc(NC[C@H]2CCCO[C@@H]2c2ccccc2)c(S(C)(=O)=O)c1. The Morgan fingerprint density at radius 3 is 2.36 bits per heavy atom. The molecule has 1 heterocycles. The van der Waals surface area contributed by atoms with E-state index in [1.807, 2.05) is 30.3 Å². The van der Waals surface area contributed by atoms with Crippen molar-refractivity contribution in [1.82, 2.24) is 0 Å². The third-order valence-electron chi connectivity index (χ3n) is 4.91. The predicted molar refractivity (Wildman–Crippen MR) is 109 cm³/mol. The Kier molecular flexibility index (Phi) is 6.12. The van der Waals surface area contributed by atoms with E-state index < -0.39 is 19.7 Å². The monoisotopic (exact) mass is 423 g/mol. The van der Waals surface area contributed by atoms with Gasteiger partial charge in [-0.1, -0.05) is 30.3 Å². The van der Waals surface area contributed by atoms with Gasteiger partial charge >= 0.3 is 0 Å². The van der Waals surface area contributed by atoms with Crippen LogP contribution in [0.15, 0.2) is 58.3 Å². The first-order chi connectivity index (χ1) is 13.2. The molecule has 1 saturated heterocycles. The highest BCUT2D eigenvalue weighted by Crippen LogP contribution is 2.34. The van der Waals surface area contributed by atoms with Crippen molar-refractivity contribution in [3.05, 3.63) is 54.1 Å². The molecule has 1 N–H and O–H groups in total. The molecule has 0 amide bonds. The van der Waals surface area contributed by atoms with Crippen molar-refractivity contribution in [3.8, 4) is 0 Å². The van der Waals surface area contributed by atoms with Crippen LogP contribution in [0.2, 0.25) is 0 Å². The molecule has 3 rings (SSSR count). The van der Waals surface area contributed by atoms with Gasteiger partial charge in [0, 0.05) is 31.6 Å². The molecule has 0 unspecified atom stereocenters. The quantitative estimate of drug-likeness (QED) is 0.768. The summed E-state index contributed by atoms with van der Waals surface area (Å²) in [6, 6.07) is 14.2. The van der Waals surface area contributed by atoms with Crippen molar-refractivity contribution in [1.29, 1.82) is 0 Å². The summed E-state index contributed by atoms with van der Waals surface area (Å²) >= 11 is 0. The summed E-state index contributed by atoms with van der Waals surface area (Å²) in [6.07, 6.45) is 3.99. The molecule has 2 aromatic carbocycles. The number of rotatable bonds is 6. The summed E-state index contributed by atoms with van der Waals surface area (Å²) in [5.41, 5.74) is 1.51. The summed E-state index contributed by atoms with van der Waals surface area (Å²) in [7, 11) is -7.09. The minimum atomic E-state index is -3.59. The van der Waals surface area contributed by atoms with E-state index in [0.717, 1.165) is 30.9 Å². The van der Waals surface area contributed by atoms with Gasteiger partial charge in [-0.25, -0.2) is 16.8 Å². The van der Waals surface area contributed by atoms with Gasteiger partial charge in [-0.3, -0.25) is 0 Å². The summed E-state index contributed by atoms with van der Waals surface area (Å²) in [5, 5.41) is 3.21. The van der Waals surface area contributed by atoms with Crippen LogP contribution in [0.25, 0.3) is 0 Å². The summed E-state index contributed by atoms with van der Waals surface area (Å²) in [5.74, 6) is 0.179. The van der Waals surface area contributed by atoms with E-state index >= 15 is 0 Å². The Balaban J connectivity index is 1.85. The zero-order chi connectivity index (χ0) is 20.4. The number of anilines is 1. The topological polar surface area (TPSA) is 89.5 Å². The fraction of sp³-hybridized carbons (Fsp3) is 0.400. The van der Waals surface area contributed by atoms with Crippen LogP contribution < -0.4 is 5.32 Å². The number of ether oxygens (including phenoxy) is 1. The lowest BCUT2D eigenvalue weighted by atomic mass is 9.89. The third kappa shape index (κ3) is 4.92. The van der Waals surface area contributed by atoms with E-state index in [2.05, 4.69) is 5.32 Å². The van der Waals surface area contributed by atoms with Crippen LogP contribution in [-0.2, 0) is 24.4 Å². The van der Waals surface area contributed by atoms with Crippen molar-refractivity contribution in [2.45, 2.75) is 28.7 Å². The van der Waals surface area contributed by atoms with Crippen LogP contribution in [0.4, 0.5) is 5.69 Å². The van der Waals surface area contributed by atoms with E-state index in [9.17, 15) is 16.8 Å². The van der Waals surface area contributed by atoms with E-state index in [-0.39, 0.29) is 21.8 Å². The molecule has 1 aliphatic heterocycles. The standard InChI is InChI=1S/C20H25NO5S2/c1-27(22,23)17-10-11-18(19(13-17)28(2,24)25)21-14-16-9-6-12-26-20(16)15-7-4-3-5-8-15/h3-5,7-8,10-11,13,16,20-21H,6,9,12,14H2,1-2H3/t16-,20-/m1/s1. The number of nitrogens with one attached hydrogen (secondary N) is 1. The highest BCUT2D eigenvalue weighted by atomic mass is 32.2. The van der Waals surface area contributed by atoms with Gasteiger partial charge in [0.25, 0.3) is 0 Å². The molecule has 0 aromatic heterocycles. The second-order valence-corrected chi connectivity index (χ2v) is 11.2. The molecule has 1 aliphatic rings. The largest absolute Gasteiger partial charge is 0.384 e. The first-order valence-corrected chi connectivity index (χ1v) is 12.9. The molecule has 0 saturated carbocycles. The van der Waals surface area contributed by atoms with E-state index in [1.165, 1.54) is 18.2 Å². The molecule has 2 atom stereocenters. The number of benzene rings is 2. The highest BCUT2D eigenvalue weighted by molar-refractivity contribution is 7.91. The number of hydrogen-bond donors (Lipinski definition) is 1. The van der Waals surface area contributed by atoms with Crippen molar-refractivity contribution < 1.29 is 21.6 Å². The number of hydrogen-bond acceptors (Lipinski definition) is 6. The van der Waals surface area contributed by atoms with Gasteiger partial charge in [-0.05, 0) is 36.6 Å². The Morgan fingerprint density at radius 2 is 1.71 bits per heavy atom. The van der Waals surface area contributed by atoms with Crippen molar-refractivity contribution in [2.24, 2.45) is 5.92 Å². The van der Waals surface area contributed by atoms with E-state index in [0.29, 0.717) is 18.8 Å². The molecular formula is C20H25NO5S2. The Bertz CT molecular complexity index is 1030. The second kappa shape index (κ2) is 8.23. The van der Waals surface area contributed by atoms with Gasteiger partial charge in [0.05, 0.1) is 21.6 Å². The lowest BCUT2D eigenvalue weighted by molar-refractivity contribution is -0.0238. The molecule has 6 nitrogen and oxygen atoms in total. The normalized spacial score (nSPS) is 20.6. The van der Waals surface area contributed by atoms with Crippen molar-refractivity contribution in [3.63, 3.8) is 0 Å². The maximum Gasteiger partial charge on any atom is 0.177 e. The molecule has 28 heavy (non-hydrogen) atoms. The van der Waals surface area contributed by atoms with E-state index in [4.69, 9.17) is 4.74 Å². The van der Waals surface area contributed by atoms with E-state index in [1.54, 1.807) is 0 Å². The first kappa shape index (κ1) is 20.8. The second-order valence-electron chi connectivity index (χ2n) is 7.19. The zero-order valence-corrected chi connectivity index (χ0v) is 17.6. The molecule has 0 spiro atoms. The van der Waals surface area contributed by atoms with Gasteiger partial charge in [0.2, 0.25) is 0 Å². The minimum absolute atomic E-state index is 0.0107. The number of sulfone groups is 2. The molecule has 1 fully saturated rings. The molecule has 0 aliphatic carbocycles. The first-order valence-electron chi connectivity index (χ1n) is 9.11. The molecule has 8 heteroatoms. The van der Waals surface area contributed by atoms with Gasteiger partial charge in [0.15, 0.2) is 19.7 Å². The molecular weight excluding hydrogens is 398 g/mol. The lowest BCUT2D eigenvalue weighted by Gasteiger charge is -2.32. The average Bonchev–Trinajstić information content (AvgIpc) is 2.65. The van der Waals surface area contributed by atoms with Crippen LogP contribution in [0.5, 0.6) is 0 Å². The molecule has 2 aromatic rings. The summed E-state index contributed by atoms with van der Waals surface area (Å²) in [4.78, 5) is -0.0231. The minimum Gasteiger partial charge on any atom is -0.384 e. The molecule has 152 valence electrons. The highest BCUT2D eigenvalue weighted by Gasteiger charge is 2.28. The van der Waals surface area contributed by atoms with Crippen molar-refractivity contribution >= 4 is 25.4 Å². The molecule has 0 bridgehead atoms. The maximum atomic E-state index is 12.2. The summed E-state index contributed by atoms with van der Waals surface area (Å²) < 4.78 is 54.0. The summed E-state index contributed by atoms with van der Waals surface area (Å²) in [6.45, 7) is 1.23. The zero-order valence-electron chi connectivity index (χ0n) is 16.0. The van der Waals surface area contributed by atoms with Gasteiger partial charge in [-0.15, -0.1) is 0 Å². The maximum absolute atomic E-state index is 12.2. The smallest absolute Gasteiger partial charge is 0.177 e. The third-order valence-corrected chi connectivity index (χ3v) is 7.16. The fourth-order valence-electron chi connectivity index (χ4n) is 3.49. The fourth-order valence-corrected chi connectivity index (χ4v) is 5.09. The lowest BCUT2D eigenvalue weighted by Crippen LogP contribution is -2.28. The van der Waals surface area contributed by atoms with Gasteiger partial charge in [-0.2, -0.15) is 0 Å². The van der Waals surface area contributed by atoms with Crippen LogP contribution >= 0.6 is 0 Å². The predicted octanol–water partition coefficient (Wildman–Crippen LogP) is 3.07. The van der Waals surface area contributed by atoms with Crippen LogP contribution in [0.1, 0.15) is 24.5 Å². The Morgan fingerprint density at radius 1 is 1.00 bits per heavy atom. The van der Waals surface area contributed by atoms with Crippen LogP contribution in [-0.4, -0.2) is 42.5 Å². The van der Waals surface area contributed by atoms with Gasteiger partial charge < -0.3 is 10.1 Å².